The summed E-state index contributed by atoms with van der Waals surface area (Å²) in [6.07, 6.45) is 5.25. The molecule has 0 unspecified atom stereocenters. The highest BCUT2D eigenvalue weighted by atomic mass is 14.6. The predicted octanol–water partition coefficient (Wildman–Crippen LogP) is 1.05. The van der Waals surface area contributed by atoms with Crippen LogP contribution in [-0.4, -0.2) is 6.04 Å². The second kappa shape index (κ2) is 2.99. The third kappa shape index (κ3) is 1.90. The van der Waals surface area contributed by atoms with E-state index in [1.165, 1.54) is 25.7 Å². The van der Waals surface area contributed by atoms with Gasteiger partial charge in [0.2, 0.25) is 0 Å². The van der Waals surface area contributed by atoms with Crippen molar-refractivity contribution < 1.29 is 0 Å². The molecule has 1 aliphatic carbocycles. The van der Waals surface area contributed by atoms with E-state index in [4.69, 9.17) is 5.73 Å². The van der Waals surface area contributed by atoms with E-state index in [0.29, 0.717) is 6.04 Å². The zero-order valence-corrected chi connectivity index (χ0v) is 4.69. The van der Waals surface area contributed by atoms with Crippen molar-refractivity contribution in [3.8, 4) is 0 Å². The highest BCUT2D eigenvalue weighted by Gasteiger charge is 2.07. The monoisotopic (exact) mass is 102 g/mol. The van der Waals surface area contributed by atoms with Gasteiger partial charge in [-0.2, -0.15) is 0 Å². The molecule has 1 aliphatic rings. The fraction of sp³-hybridized carbons (Fsp3) is 1.00. The van der Waals surface area contributed by atoms with Gasteiger partial charge in [0.05, 0.1) is 0 Å². The lowest BCUT2D eigenvalue weighted by atomic mass is 10.3. The minimum absolute atomic E-state index is 0. The molecule has 0 aromatic rings. The first-order valence-corrected chi connectivity index (χ1v) is 2.65. The molecule has 0 radical (unpaired) electrons. The van der Waals surface area contributed by atoms with Crippen molar-refractivity contribution in [2.24, 2.45) is 5.73 Å². The van der Waals surface area contributed by atoms with Crippen LogP contribution in [0.1, 0.15) is 25.7 Å². The summed E-state index contributed by atoms with van der Waals surface area (Å²) in [5.74, 6) is 0. The minimum atomic E-state index is 0. The molecule has 1 fully saturated rings. The summed E-state index contributed by atoms with van der Waals surface area (Å²) in [6.45, 7) is 0. The number of hydrogen-bond acceptors (Lipinski definition) is 2. The molecule has 7 heavy (non-hydrogen) atoms. The second-order valence-electron chi connectivity index (χ2n) is 2.04. The van der Waals surface area contributed by atoms with Gasteiger partial charge < -0.3 is 11.9 Å². The quantitative estimate of drug-likeness (QED) is 0.480. The average Bonchev–Trinajstić information content (AvgIpc) is 1.86. The first-order chi connectivity index (χ1) is 2.89. The molecular formula is C5H14N2. The molecule has 5 N–H and O–H groups in total. The molecule has 0 aromatic carbocycles. The summed E-state index contributed by atoms with van der Waals surface area (Å²) >= 11 is 0. The smallest absolute Gasteiger partial charge is 0.00388 e. The summed E-state index contributed by atoms with van der Waals surface area (Å²) in [5.41, 5.74) is 5.53. The SMILES string of the molecule is N.NC1CCCC1. The lowest BCUT2D eigenvalue weighted by Crippen LogP contribution is -2.13. The van der Waals surface area contributed by atoms with Crippen molar-refractivity contribution in [2.75, 3.05) is 0 Å². The Hall–Kier alpha value is -0.0800. The highest BCUT2D eigenvalue weighted by molar-refractivity contribution is 4.67. The molecule has 2 heteroatoms. The average molecular weight is 102 g/mol. The van der Waals surface area contributed by atoms with Gasteiger partial charge in [-0.1, -0.05) is 12.8 Å². The zero-order valence-electron chi connectivity index (χ0n) is 4.69. The maximum absolute atomic E-state index is 5.53. The first-order valence-electron chi connectivity index (χ1n) is 2.65. The Labute approximate surface area is 44.7 Å². The van der Waals surface area contributed by atoms with Crippen molar-refractivity contribution in [1.29, 1.82) is 0 Å². The van der Waals surface area contributed by atoms with Crippen LogP contribution >= 0.6 is 0 Å². The van der Waals surface area contributed by atoms with Crippen molar-refractivity contribution in [3.05, 3.63) is 0 Å². The van der Waals surface area contributed by atoms with Crippen LogP contribution in [0.3, 0.4) is 0 Å². The Morgan fingerprint density at radius 2 is 1.57 bits per heavy atom. The molecule has 2 nitrogen and oxygen atoms in total. The van der Waals surface area contributed by atoms with E-state index in [-0.39, 0.29) is 6.15 Å². The largest absolute Gasteiger partial charge is 0.344 e. The van der Waals surface area contributed by atoms with E-state index in [1.54, 1.807) is 0 Å². The number of rotatable bonds is 0. The molecule has 0 amide bonds. The lowest BCUT2D eigenvalue weighted by molar-refractivity contribution is 0.704. The van der Waals surface area contributed by atoms with Crippen LogP contribution in [0, 0.1) is 0 Å². The summed E-state index contributed by atoms with van der Waals surface area (Å²) in [7, 11) is 0. The second-order valence-corrected chi connectivity index (χ2v) is 2.04. The zero-order chi connectivity index (χ0) is 4.41. The minimum Gasteiger partial charge on any atom is -0.344 e. The van der Waals surface area contributed by atoms with Gasteiger partial charge in [0.15, 0.2) is 0 Å². The van der Waals surface area contributed by atoms with Gasteiger partial charge in [-0.15, -0.1) is 0 Å². The van der Waals surface area contributed by atoms with E-state index in [2.05, 4.69) is 0 Å². The molecule has 1 saturated carbocycles. The fourth-order valence-corrected chi connectivity index (χ4v) is 0.957. The summed E-state index contributed by atoms with van der Waals surface area (Å²) in [6, 6.07) is 0.546. The van der Waals surface area contributed by atoms with Crippen LogP contribution < -0.4 is 11.9 Å². The van der Waals surface area contributed by atoms with Gasteiger partial charge >= 0.3 is 0 Å². The molecule has 1 rings (SSSR count). The van der Waals surface area contributed by atoms with Crippen molar-refractivity contribution >= 4 is 0 Å². The Bertz CT molecular complexity index is 39.3. The Kier molecular flexibility index (Phi) is 2.96. The van der Waals surface area contributed by atoms with E-state index in [0.717, 1.165) is 0 Å². The normalized spacial score (nSPS) is 21.9. The molecular weight excluding hydrogens is 88.1 g/mol. The van der Waals surface area contributed by atoms with Crippen LogP contribution in [0.25, 0.3) is 0 Å². The van der Waals surface area contributed by atoms with Crippen LogP contribution in [0.15, 0.2) is 0 Å². The number of nitrogens with two attached hydrogens (primary N) is 1. The number of hydrogen-bond donors (Lipinski definition) is 2. The van der Waals surface area contributed by atoms with Crippen LogP contribution in [-0.2, 0) is 0 Å². The van der Waals surface area contributed by atoms with E-state index in [1.807, 2.05) is 0 Å². The maximum atomic E-state index is 5.53. The summed E-state index contributed by atoms with van der Waals surface area (Å²) in [4.78, 5) is 0. The van der Waals surface area contributed by atoms with E-state index < -0.39 is 0 Å². The molecule has 0 bridgehead atoms. The Morgan fingerprint density at radius 3 is 1.71 bits per heavy atom. The molecule has 0 heterocycles. The van der Waals surface area contributed by atoms with Gasteiger partial charge in [0, 0.05) is 6.04 Å². The molecule has 0 saturated heterocycles. The summed E-state index contributed by atoms with van der Waals surface area (Å²) in [5, 5.41) is 0. The van der Waals surface area contributed by atoms with Crippen LogP contribution in [0.5, 0.6) is 0 Å². The molecule has 0 aromatic heterocycles. The molecule has 0 spiro atoms. The Balaban J connectivity index is 0.000000360. The summed E-state index contributed by atoms with van der Waals surface area (Å²) < 4.78 is 0. The van der Waals surface area contributed by atoms with Gasteiger partial charge in [0.1, 0.15) is 0 Å². The molecule has 0 atom stereocenters. The van der Waals surface area contributed by atoms with E-state index in [9.17, 15) is 0 Å². The fourth-order valence-electron chi connectivity index (χ4n) is 0.957. The van der Waals surface area contributed by atoms with Crippen LogP contribution in [0.4, 0.5) is 0 Å². The first kappa shape index (κ1) is 6.92. The van der Waals surface area contributed by atoms with Gasteiger partial charge in [-0.25, -0.2) is 0 Å². The Morgan fingerprint density at radius 1 is 1.14 bits per heavy atom. The molecule has 44 valence electrons. The van der Waals surface area contributed by atoms with Crippen molar-refractivity contribution in [1.82, 2.24) is 6.15 Å². The topological polar surface area (TPSA) is 61.0 Å². The van der Waals surface area contributed by atoms with E-state index >= 15 is 0 Å². The predicted molar refractivity (Wildman–Crippen MR) is 31.5 cm³/mol. The van der Waals surface area contributed by atoms with Gasteiger partial charge in [-0.3, -0.25) is 0 Å². The van der Waals surface area contributed by atoms with Gasteiger partial charge in [0.25, 0.3) is 0 Å². The van der Waals surface area contributed by atoms with Gasteiger partial charge in [-0.05, 0) is 12.8 Å². The lowest BCUT2D eigenvalue weighted by Gasteiger charge is -1.92. The standard InChI is InChI=1S/C5H11N.H3N/c6-5-3-1-2-4-5;/h5H,1-4,6H2;1H3. The van der Waals surface area contributed by atoms with Crippen molar-refractivity contribution in [3.63, 3.8) is 0 Å². The van der Waals surface area contributed by atoms with Crippen molar-refractivity contribution in [2.45, 2.75) is 31.7 Å². The third-order valence-electron chi connectivity index (χ3n) is 1.40. The molecule has 0 aliphatic heterocycles. The maximum Gasteiger partial charge on any atom is 0.00388 e. The highest BCUT2D eigenvalue weighted by Crippen LogP contribution is 2.14. The van der Waals surface area contributed by atoms with Crippen LogP contribution in [0.2, 0.25) is 0 Å². The third-order valence-corrected chi connectivity index (χ3v) is 1.40.